The molecule has 0 atom stereocenters. The maximum absolute atomic E-state index is 11.3. The van der Waals surface area contributed by atoms with Crippen molar-refractivity contribution in [1.29, 1.82) is 0 Å². The van der Waals surface area contributed by atoms with E-state index in [4.69, 9.17) is 10.7 Å². The van der Waals surface area contributed by atoms with Gasteiger partial charge in [-0.15, -0.1) is 0 Å². The number of nitrogens with zero attached hydrogens (tertiary/aromatic N) is 2. The number of hydrogen-bond donors (Lipinski definition) is 0. The Hall–Kier alpha value is -0.550. The van der Waals surface area contributed by atoms with E-state index in [9.17, 15) is 8.42 Å². The molecule has 92 valence electrons. The van der Waals surface area contributed by atoms with Crippen molar-refractivity contribution >= 4 is 19.7 Å². The largest absolute Gasteiger partial charge is 0.268 e. The first-order chi connectivity index (χ1) is 7.23. The predicted octanol–water partition coefficient (Wildman–Crippen LogP) is 2.47. The van der Waals surface area contributed by atoms with Gasteiger partial charge in [-0.1, -0.05) is 13.8 Å². The van der Waals surface area contributed by atoms with Crippen LogP contribution in [-0.4, -0.2) is 18.2 Å². The zero-order valence-corrected chi connectivity index (χ0v) is 11.6. The van der Waals surface area contributed by atoms with E-state index in [0.717, 1.165) is 13.0 Å². The summed E-state index contributed by atoms with van der Waals surface area (Å²) in [4.78, 5) is 0.151. The monoisotopic (exact) mass is 264 g/mol. The molecule has 1 heterocycles. The number of halogens is 1. The van der Waals surface area contributed by atoms with Crippen molar-refractivity contribution in [3.05, 3.63) is 11.4 Å². The highest BCUT2D eigenvalue weighted by molar-refractivity contribution is 8.13. The number of aromatic nitrogens is 2. The smallest absolute Gasteiger partial charge is 0.264 e. The van der Waals surface area contributed by atoms with Gasteiger partial charge < -0.3 is 0 Å². The Morgan fingerprint density at radius 2 is 1.94 bits per heavy atom. The molecule has 0 fully saturated rings. The average molecular weight is 265 g/mol. The minimum absolute atomic E-state index is 0.151. The summed E-state index contributed by atoms with van der Waals surface area (Å²) in [5.74, 6) is 0.556. The SMILES string of the molecule is Cc1nn(CCC(C)C)c(C)c1S(=O)(=O)Cl. The van der Waals surface area contributed by atoms with Crippen LogP contribution < -0.4 is 0 Å². The van der Waals surface area contributed by atoms with Crippen LogP contribution in [0.2, 0.25) is 0 Å². The zero-order chi connectivity index (χ0) is 12.5. The van der Waals surface area contributed by atoms with E-state index in [1.54, 1.807) is 18.5 Å². The molecule has 4 nitrogen and oxygen atoms in total. The van der Waals surface area contributed by atoms with Crippen LogP contribution in [0.15, 0.2) is 4.90 Å². The summed E-state index contributed by atoms with van der Waals surface area (Å²) in [6.07, 6.45) is 0.962. The fourth-order valence-electron chi connectivity index (χ4n) is 1.63. The van der Waals surface area contributed by atoms with Crippen LogP contribution in [0, 0.1) is 19.8 Å². The minimum atomic E-state index is -3.69. The van der Waals surface area contributed by atoms with Crippen LogP contribution in [0.1, 0.15) is 31.7 Å². The summed E-state index contributed by atoms with van der Waals surface area (Å²) in [5.41, 5.74) is 1.09. The second-order valence-corrected chi connectivity index (χ2v) is 6.85. The predicted molar refractivity (Wildman–Crippen MR) is 64.2 cm³/mol. The van der Waals surface area contributed by atoms with Gasteiger partial charge in [0.15, 0.2) is 0 Å². The van der Waals surface area contributed by atoms with Crippen LogP contribution in [0.5, 0.6) is 0 Å². The van der Waals surface area contributed by atoms with Crippen molar-refractivity contribution in [2.75, 3.05) is 0 Å². The quantitative estimate of drug-likeness (QED) is 0.785. The van der Waals surface area contributed by atoms with Gasteiger partial charge >= 0.3 is 0 Å². The zero-order valence-electron chi connectivity index (χ0n) is 9.99. The van der Waals surface area contributed by atoms with Gasteiger partial charge in [0.1, 0.15) is 4.90 Å². The van der Waals surface area contributed by atoms with E-state index in [-0.39, 0.29) is 4.90 Å². The summed E-state index contributed by atoms with van der Waals surface area (Å²) >= 11 is 0. The Balaban J connectivity index is 3.08. The molecule has 0 N–H and O–H groups in total. The molecule has 0 aliphatic carbocycles. The van der Waals surface area contributed by atoms with Gasteiger partial charge in [-0.3, -0.25) is 4.68 Å². The van der Waals surface area contributed by atoms with Crippen molar-refractivity contribution in [2.45, 2.75) is 45.6 Å². The van der Waals surface area contributed by atoms with Crippen molar-refractivity contribution in [2.24, 2.45) is 5.92 Å². The van der Waals surface area contributed by atoms with E-state index in [0.29, 0.717) is 17.3 Å². The lowest BCUT2D eigenvalue weighted by Crippen LogP contribution is -2.05. The molecule has 0 saturated heterocycles. The van der Waals surface area contributed by atoms with E-state index in [1.807, 2.05) is 0 Å². The van der Waals surface area contributed by atoms with Crippen molar-refractivity contribution in [3.8, 4) is 0 Å². The Morgan fingerprint density at radius 1 is 1.38 bits per heavy atom. The average Bonchev–Trinajstić information content (AvgIpc) is 2.36. The van der Waals surface area contributed by atoms with Crippen LogP contribution in [0.4, 0.5) is 0 Å². The Bertz CT molecular complexity index is 477. The van der Waals surface area contributed by atoms with Crippen molar-refractivity contribution in [3.63, 3.8) is 0 Å². The van der Waals surface area contributed by atoms with Crippen molar-refractivity contribution < 1.29 is 8.42 Å². The summed E-state index contributed by atoms with van der Waals surface area (Å²) in [6, 6.07) is 0. The fourth-order valence-corrected chi connectivity index (χ4v) is 3.15. The molecule has 0 aromatic carbocycles. The third-order valence-corrected chi connectivity index (χ3v) is 4.02. The topological polar surface area (TPSA) is 52.0 Å². The summed E-state index contributed by atoms with van der Waals surface area (Å²) in [5, 5.41) is 4.20. The molecule has 16 heavy (non-hydrogen) atoms. The third kappa shape index (κ3) is 2.98. The van der Waals surface area contributed by atoms with Crippen LogP contribution in [0.25, 0.3) is 0 Å². The molecule has 0 amide bonds. The van der Waals surface area contributed by atoms with Gasteiger partial charge in [0.2, 0.25) is 0 Å². The van der Waals surface area contributed by atoms with Crippen LogP contribution in [-0.2, 0) is 15.6 Å². The number of hydrogen-bond acceptors (Lipinski definition) is 3. The minimum Gasteiger partial charge on any atom is -0.268 e. The summed E-state index contributed by atoms with van der Waals surface area (Å²) in [7, 11) is 1.67. The van der Waals surface area contributed by atoms with Crippen LogP contribution >= 0.6 is 10.7 Å². The molecule has 0 bridgehead atoms. The normalized spacial score (nSPS) is 12.4. The second-order valence-electron chi connectivity index (χ2n) is 4.34. The van der Waals surface area contributed by atoms with E-state index in [1.165, 1.54) is 0 Å². The van der Waals surface area contributed by atoms with Gasteiger partial charge in [0.05, 0.1) is 11.4 Å². The molecule has 0 spiro atoms. The van der Waals surface area contributed by atoms with Gasteiger partial charge in [0.25, 0.3) is 9.05 Å². The molecule has 0 saturated carbocycles. The molecule has 0 aliphatic heterocycles. The first kappa shape index (κ1) is 13.5. The summed E-state index contributed by atoms with van der Waals surface area (Å²) in [6.45, 7) is 8.34. The molecule has 0 radical (unpaired) electrons. The van der Waals surface area contributed by atoms with Gasteiger partial charge in [-0.25, -0.2) is 8.42 Å². The molecule has 1 rings (SSSR count). The Labute approximate surface area is 101 Å². The Kier molecular flexibility index (Phi) is 4.02. The Morgan fingerprint density at radius 3 is 2.31 bits per heavy atom. The highest BCUT2D eigenvalue weighted by Crippen LogP contribution is 2.23. The van der Waals surface area contributed by atoms with E-state index in [2.05, 4.69) is 18.9 Å². The lowest BCUT2D eigenvalue weighted by Gasteiger charge is -2.06. The second kappa shape index (κ2) is 4.75. The maximum atomic E-state index is 11.3. The van der Waals surface area contributed by atoms with Gasteiger partial charge in [0, 0.05) is 17.2 Å². The molecule has 6 heteroatoms. The molecule has 1 aromatic rings. The molecule has 0 unspecified atom stereocenters. The highest BCUT2D eigenvalue weighted by Gasteiger charge is 2.22. The molecular formula is C10H17ClN2O2S. The van der Waals surface area contributed by atoms with E-state index < -0.39 is 9.05 Å². The molecule has 1 aromatic heterocycles. The van der Waals surface area contributed by atoms with E-state index >= 15 is 0 Å². The molecular weight excluding hydrogens is 248 g/mol. The first-order valence-electron chi connectivity index (χ1n) is 5.22. The van der Waals surface area contributed by atoms with Gasteiger partial charge in [-0.2, -0.15) is 5.10 Å². The summed E-state index contributed by atoms with van der Waals surface area (Å²) < 4.78 is 24.4. The van der Waals surface area contributed by atoms with Crippen LogP contribution in [0.3, 0.4) is 0 Å². The standard InChI is InChI=1S/C10H17ClN2O2S/c1-7(2)5-6-13-9(4)10(8(3)12-13)16(11,14)15/h7H,5-6H2,1-4H3. The maximum Gasteiger partial charge on any atom is 0.264 e. The third-order valence-electron chi connectivity index (χ3n) is 2.48. The van der Waals surface area contributed by atoms with Gasteiger partial charge in [-0.05, 0) is 26.2 Å². The highest BCUT2D eigenvalue weighted by atomic mass is 35.7. The lowest BCUT2D eigenvalue weighted by molar-refractivity contribution is 0.478. The van der Waals surface area contributed by atoms with Crippen molar-refractivity contribution in [1.82, 2.24) is 9.78 Å². The number of aryl methyl sites for hydroxylation is 2. The number of rotatable bonds is 4. The fraction of sp³-hybridized carbons (Fsp3) is 0.700. The first-order valence-corrected chi connectivity index (χ1v) is 7.53. The molecule has 0 aliphatic rings. The lowest BCUT2D eigenvalue weighted by atomic mass is 10.1.